The van der Waals surface area contributed by atoms with E-state index in [9.17, 15) is 4.79 Å². The zero-order chi connectivity index (χ0) is 12.1. The van der Waals surface area contributed by atoms with E-state index in [-0.39, 0.29) is 0 Å². The number of halogens is 2. The van der Waals surface area contributed by atoms with Crippen molar-refractivity contribution in [2.75, 3.05) is 6.61 Å². The maximum atomic E-state index is 11.3. The summed E-state index contributed by atoms with van der Waals surface area (Å²) in [5.41, 5.74) is 1.96. The lowest BCUT2D eigenvalue weighted by Gasteiger charge is -2.10. The molecule has 0 aliphatic rings. The molecule has 0 N–H and O–H groups in total. The summed E-state index contributed by atoms with van der Waals surface area (Å²) in [5, 5.41) is -0.0557. The van der Waals surface area contributed by atoms with Crippen molar-refractivity contribution in [3.8, 4) is 0 Å². The molecule has 0 saturated heterocycles. The van der Waals surface area contributed by atoms with Gasteiger partial charge in [-0.25, -0.2) is 0 Å². The van der Waals surface area contributed by atoms with Crippen LogP contribution in [0.15, 0.2) is 18.2 Å². The van der Waals surface area contributed by atoms with Crippen molar-refractivity contribution in [1.29, 1.82) is 0 Å². The largest absolute Gasteiger partial charge is 0.465 e. The minimum atomic E-state index is -0.681. The fraction of sp³-hybridized carbons (Fsp3) is 0.417. The van der Waals surface area contributed by atoms with E-state index in [0.29, 0.717) is 18.1 Å². The van der Waals surface area contributed by atoms with E-state index in [1.807, 2.05) is 19.1 Å². The van der Waals surface area contributed by atoms with E-state index >= 15 is 0 Å². The average molecular weight is 261 g/mol. The number of esters is 1. The molecule has 1 atom stereocenters. The SMILES string of the molecule is CCOC(=O)C(Cl)Cc1cc(C)ccc1Cl. The van der Waals surface area contributed by atoms with Crippen LogP contribution in [-0.4, -0.2) is 18.0 Å². The molecule has 0 aromatic heterocycles. The minimum absolute atomic E-state index is 0.337. The number of rotatable bonds is 4. The van der Waals surface area contributed by atoms with Crippen LogP contribution in [0.3, 0.4) is 0 Å². The van der Waals surface area contributed by atoms with Crippen LogP contribution < -0.4 is 0 Å². The molecular weight excluding hydrogens is 247 g/mol. The number of carbonyl (C=O) groups is 1. The standard InChI is InChI=1S/C12H14Cl2O2/c1-3-16-12(15)11(14)7-9-6-8(2)4-5-10(9)13/h4-6,11H,3,7H2,1-2H3. The molecule has 0 heterocycles. The fourth-order valence-corrected chi connectivity index (χ4v) is 1.79. The Bertz CT molecular complexity index is 377. The van der Waals surface area contributed by atoms with E-state index in [1.165, 1.54) is 0 Å². The van der Waals surface area contributed by atoms with Crippen molar-refractivity contribution in [3.63, 3.8) is 0 Å². The molecule has 0 saturated carbocycles. The van der Waals surface area contributed by atoms with Gasteiger partial charge in [0.2, 0.25) is 0 Å². The molecule has 1 rings (SSSR count). The molecule has 16 heavy (non-hydrogen) atoms. The first-order valence-corrected chi connectivity index (χ1v) is 5.91. The summed E-state index contributed by atoms with van der Waals surface area (Å²) < 4.78 is 4.83. The number of aryl methyl sites for hydroxylation is 1. The van der Waals surface area contributed by atoms with Crippen LogP contribution in [0.2, 0.25) is 5.02 Å². The first-order chi connectivity index (χ1) is 7.54. The summed E-state index contributed by atoms with van der Waals surface area (Å²) in [5.74, 6) is -0.401. The van der Waals surface area contributed by atoms with Gasteiger partial charge in [-0.15, -0.1) is 11.6 Å². The molecule has 0 fully saturated rings. The second-order valence-electron chi connectivity index (χ2n) is 3.52. The smallest absolute Gasteiger partial charge is 0.324 e. The predicted octanol–water partition coefficient (Wildman–Crippen LogP) is 3.36. The highest BCUT2D eigenvalue weighted by Gasteiger charge is 2.18. The second-order valence-corrected chi connectivity index (χ2v) is 4.45. The number of alkyl halides is 1. The van der Waals surface area contributed by atoms with Crippen LogP contribution in [0, 0.1) is 6.92 Å². The zero-order valence-electron chi connectivity index (χ0n) is 9.30. The zero-order valence-corrected chi connectivity index (χ0v) is 10.8. The fourth-order valence-electron chi connectivity index (χ4n) is 1.37. The average Bonchev–Trinajstić information content (AvgIpc) is 2.23. The van der Waals surface area contributed by atoms with Crippen molar-refractivity contribution >= 4 is 29.2 Å². The Kier molecular flexibility index (Phi) is 5.10. The third-order valence-electron chi connectivity index (χ3n) is 2.14. The van der Waals surface area contributed by atoms with E-state index in [1.54, 1.807) is 13.0 Å². The molecule has 0 bridgehead atoms. The molecule has 0 amide bonds. The Labute approximate surface area is 106 Å². The number of benzene rings is 1. The normalized spacial score (nSPS) is 12.2. The van der Waals surface area contributed by atoms with Gasteiger partial charge in [0.05, 0.1) is 6.61 Å². The third-order valence-corrected chi connectivity index (χ3v) is 2.84. The maximum Gasteiger partial charge on any atom is 0.324 e. The van der Waals surface area contributed by atoms with Crippen LogP contribution in [0.25, 0.3) is 0 Å². The third kappa shape index (κ3) is 3.69. The second kappa shape index (κ2) is 6.12. The van der Waals surface area contributed by atoms with Gasteiger partial charge < -0.3 is 4.74 Å². The molecule has 1 aromatic carbocycles. The van der Waals surface area contributed by atoms with Crippen molar-refractivity contribution in [2.45, 2.75) is 25.6 Å². The topological polar surface area (TPSA) is 26.3 Å². The molecule has 1 aromatic rings. The van der Waals surface area contributed by atoms with E-state index < -0.39 is 11.3 Å². The molecule has 0 aliphatic heterocycles. The Morgan fingerprint density at radius 1 is 1.50 bits per heavy atom. The minimum Gasteiger partial charge on any atom is -0.465 e. The van der Waals surface area contributed by atoms with Crippen LogP contribution >= 0.6 is 23.2 Å². The lowest BCUT2D eigenvalue weighted by Crippen LogP contribution is -2.20. The van der Waals surface area contributed by atoms with Gasteiger partial charge in [0, 0.05) is 11.4 Å². The molecule has 2 nitrogen and oxygen atoms in total. The van der Waals surface area contributed by atoms with Crippen molar-refractivity contribution < 1.29 is 9.53 Å². The summed E-state index contributed by atoms with van der Waals surface area (Å²) >= 11 is 11.9. The highest BCUT2D eigenvalue weighted by Crippen LogP contribution is 2.20. The van der Waals surface area contributed by atoms with Gasteiger partial charge in [-0.3, -0.25) is 4.79 Å². The summed E-state index contributed by atoms with van der Waals surface area (Å²) in [6.45, 7) is 4.05. The van der Waals surface area contributed by atoms with E-state index in [0.717, 1.165) is 11.1 Å². The first-order valence-electron chi connectivity index (χ1n) is 5.10. The van der Waals surface area contributed by atoms with E-state index in [2.05, 4.69) is 0 Å². The van der Waals surface area contributed by atoms with Crippen molar-refractivity contribution in [3.05, 3.63) is 34.3 Å². The predicted molar refractivity (Wildman–Crippen MR) is 66.2 cm³/mol. The van der Waals surface area contributed by atoms with Gasteiger partial charge in [0.25, 0.3) is 0 Å². The van der Waals surface area contributed by atoms with Crippen LogP contribution in [0.5, 0.6) is 0 Å². The molecular formula is C12H14Cl2O2. The van der Waals surface area contributed by atoms with Crippen LogP contribution in [0.4, 0.5) is 0 Å². The number of ether oxygens (including phenoxy) is 1. The lowest BCUT2D eigenvalue weighted by atomic mass is 10.1. The maximum absolute atomic E-state index is 11.3. The van der Waals surface area contributed by atoms with Gasteiger partial charge in [-0.05, 0) is 25.5 Å². The Balaban J connectivity index is 2.72. The Morgan fingerprint density at radius 3 is 2.81 bits per heavy atom. The molecule has 1 unspecified atom stereocenters. The first kappa shape index (κ1) is 13.3. The monoisotopic (exact) mass is 260 g/mol. The molecule has 0 aliphatic carbocycles. The van der Waals surface area contributed by atoms with Gasteiger partial charge in [-0.2, -0.15) is 0 Å². The molecule has 88 valence electrons. The van der Waals surface area contributed by atoms with Crippen LogP contribution in [0.1, 0.15) is 18.1 Å². The number of carbonyl (C=O) groups excluding carboxylic acids is 1. The van der Waals surface area contributed by atoms with Gasteiger partial charge in [0.15, 0.2) is 0 Å². The van der Waals surface area contributed by atoms with Crippen molar-refractivity contribution in [2.24, 2.45) is 0 Å². The quantitative estimate of drug-likeness (QED) is 0.613. The summed E-state index contributed by atoms with van der Waals surface area (Å²) in [6, 6.07) is 5.65. The Morgan fingerprint density at radius 2 is 2.19 bits per heavy atom. The van der Waals surface area contributed by atoms with Gasteiger partial charge in [0.1, 0.15) is 5.38 Å². The van der Waals surface area contributed by atoms with Gasteiger partial charge in [-0.1, -0.05) is 29.3 Å². The van der Waals surface area contributed by atoms with Crippen LogP contribution in [-0.2, 0) is 16.0 Å². The highest BCUT2D eigenvalue weighted by atomic mass is 35.5. The molecule has 4 heteroatoms. The van der Waals surface area contributed by atoms with Gasteiger partial charge >= 0.3 is 5.97 Å². The lowest BCUT2D eigenvalue weighted by molar-refractivity contribution is -0.142. The van der Waals surface area contributed by atoms with Crippen molar-refractivity contribution in [1.82, 2.24) is 0 Å². The summed E-state index contributed by atoms with van der Waals surface area (Å²) in [7, 11) is 0. The highest BCUT2D eigenvalue weighted by molar-refractivity contribution is 6.32. The number of hydrogen-bond acceptors (Lipinski definition) is 2. The number of hydrogen-bond donors (Lipinski definition) is 0. The molecule has 0 spiro atoms. The summed E-state index contributed by atoms with van der Waals surface area (Å²) in [4.78, 5) is 11.3. The summed E-state index contributed by atoms with van der Waals surface area (Å²) in [6.07, 6.45) is 0.390. The van der Waals surface area contributed by atoms with E-state index in [4.69, 9.17) is 27.9 Å². The molecule has 0 radical (unpaired) electrons. The Hall–Kier alpha value is -0.730.